The van der Waals surface area contributed by atoms with Gasteiger partial charge in [0.2, 0.25) is 0 Å². The molecular weight excluding hydrogens is 300 g/mol. The molecule has 3 unspecified atom stereocenters. The van der Waals surface area contributed by atoms with Crippen molar-refractivity contribution >= 4 is 34.9 Å². The third kappa shape index (κ3) is 3.64. The van der Waals surface area contributed by atoms with Crippen molar-refractivity contribution in [2.75, 3.05) is 0 Å². The van der Waals surface area contributed by atoms with Crippen molar-refractivity contribution < 1.29 is 14.7 Å². The van der Waals surface area contributed by atoms with E-state index in [1.807, 2.05) is 13.0 Å². The van der Waals surface area contributed by atoms with E-state index in [0.29, 0.717) is 17.2 Å². The highest BCUT2D eigenvalue weighted by Gasteiger charge is 2.34. The zero-order valence-corrected chi connectivity index (χ0v) is 12.6. The number of carbonyl (C=O) groups is 2. The molecule has 3 N–H and O–H groups in total. The maximum absolute atomic E-state index is 11.9. The van der Waals surface area contributed by atoms with E-state index in [2.05, 4.69) is 10.6 Å². The van der Waals surface area contributed by atoms with Crippen LogP contribution in [0.25, 0.3) is 0 Å². The van der Waals surface area contributed by atoms with Crippen molar-refractivity contribution in [2.45, 2.75) is 38.3 Å². The number of halogens is 1. The number of carboxylic acid groups (broad SMARTS) is 1. The average Bonchev–Trinajstić information content (AvgIpc) is 2.97. The van der Waals surface area contributed by atoms with E-state index in [9.17, 15) is 9.59 Å². The highest BCUT2D eigenvalue weighted by molar-refractivity contribution is 7.16. The van der Waals surface area contributed by atoms with Gasteiger partial charge in [-0.3, -0.25) is 4.79 Å². The first-order valence-electron chi connectivity index (χ1n) is 6.52. The minimum atomic E-state index is -0.842. The van der Waals surface area contributed by atoms with Gasteiger partial charge in [-0.15, -0.1) is 11.3 Å². The lowest BCUT2D eigenvalue weighted by atomic mass is 10.0. The molecule has 0 aliphatic heterocycles. The molecule has 3 atom stereocenters. The number of thiophene rings is 1. The second-order valence-electron chi connectivity index (χ2n) is 4.96. The maximum Gasteiger partial charge on any atom is 0.315 e. The van der Waals surface area contributed by atoms with Crippen LogP contribution >= 0.6 is 22.9 Å². The maximum atomic E-state index is 11.9. The third-order valence-corrected chi connectivity index (χ3v) is 4.93. The number of nitrogens with one attached hydrogen (secondary N) is 2. The first-order chi connectivity index (χ1) is 9.47. The molecule has 1 aromatic heterocycles. The molecule has 1 saturated carbocycles. The summed E-state index contributed by atoms with van der Waals surface area (Å²) in [5, 5.41) is 14.6. The average molecular weight is 317 g/mol. The fraction of sp³-hybridized carbons (Fsp3) is 0.538. The first kappa shape index (κ1) is 15.1. The van der Waals surface area contributed by atoms with Gasteiger partial charge in [0.25, 0.3) is 0 Å². The van der Waals surface area contributed by atoms with Gasteiger partial charge in [-0.1, -0.05) is 18.0 Å². The Kier molecular flexibility index (Phi) is 4.88. The first-order valence-corrected chi connectivity index (χ1v) is 7.72. The largest absolute Gasteiger partial charge is 0.481 e. The summed E-state index contributed by atoms with van der Waals surface area (Å²) >= 11 is 7.27. The van der Waals surface area contributed by atoms with E-state index >= 15 is 0 Å². The lowest BCUT2D eigenvalue weighted by molar-refractivity contribution is -0.142. The van der Waals surface area contributed by atoms with Crippen molar-refractivity contribution in [1.82, 2.24) is 10.6 Å². The number of hydrogen-bond acceptors (Lipinski definition) is 3. The zero-order valence-electron chi connectivity index (χ0n) is 11.1. The summed E-state index contributed by atoms with van der Waals surface area (Å²) < 4.78 is 0.677. The van der Waals surface area contributed by atoms with Gasteiger partial charge < -0.3 is 15.7 Å². The highest BCUT2D eigenvalue weighted by atomic mass is 35.5. The van der Waals surface area contributed by atoms with Gasteiger partial charge in [-0.2, -0.15) is 0 Å². The van der Waals surface area contributed by atoms with Gasteiger partial charge in [-0.25, -0.2) is 4.79 Å². The molecule has 2 amide bonds. The summed E-state index contributed by atoms with van der Waals surface area (Å²) in [7, 11) is 0. The molecule has 0 saturated heterocycles. The molecule has 1 heterocycles. The molecule has 2 rings (SSSR count). The topological polar surface area (TPSA) is 78.4 Å². The summed E-state index contributed by atoms with van der Waals surface area (Å²) in [5.74, 6) is -1.32. The second-order valence-corrected chi connectivity index (χ2v) is 6.71. The van der Waals surface area contributed by atoms with Gasteiger partial charge in [0, 0.05) is 10.9 Å². The number of carboxylic acids is 1. The molecule has 7 heteroatoms. The Balaban J connectivity index is 1.87. The summed E-state index contributed by atoms with van der Waals surface area (Å²) in [6.07, 6.45) is 2.16. The molecule has 0 bridgehead atoms. The van der Waals surface area contributed by atoms with Crippen LogP contribution in [0, 0.1) is 5.92 Å². The Hall–Kier alpha value is -1.27. The van der Waals surface area contributed by atoms with Crippen molar-refractivity contribution in [3.63, 3.8) is 0 Å². The van der Waals surface area contributed by atoms with Gasteiger partial charge in [0.1, 0.15) is 0 Å². The van der Waals surface area contributed by atoms with E-state index < -0.39 is 11.9 Å². The lowest BCUT2D eigenvalue weighted by Crippen LogP contribution is -2.45. The van der Waals surface area contributed by atoms with Crippen LogP contribution in [-0.4, -0.2) is 23.1 Å². The van der Waals surface area contributed by atoms with Crippen molar-refractivity contribution in [1.29, 1.82) is 0 Å². The summed E-state index contributed by atoms with van der Waals surface area (Å²) in [5.41, 5.74) is 0. The van der Waals surface area contributed by atoms with Crippen LogP contribution in [0.3, 0.4) is 0 Å². The number of amides is 2. The number of hydrogen-bond donors (Lipinski definition) is 3. The molecule has 1 fully saturated rings. The Morgan fingerprint density at radius 1 is 1.45 bits per heavy atom. The zero-order chi connectivity index (χ0) is 14.7. The molecule has 20 heavy (non-hydrogen) atoms. The summed E-state index contributed by atoms with van der Waals surface area (Å²) in [6, 6.07) is 2.88. The molecule has 0 radical (unpaired) electrons. The quantitative estimate of drug-likeness (QED) is 0.799. The normalized spacial score (nSPS) is 23.3. The number of rotatable bonds is 4. The third-order valence-electron chi connectivity index (χ3n) is 3.52. The summed E-state index contributed by atoms with van der Waals surface area (Å²) in [4.78, 5) is 23.9. The second kappa shape index (κ2) is 6.45. The molecule has 110 valence electrons. The molecule has 0 spiro atoms. The Morgan fingerprint density at radius 2 is 2.20 bits per heavy atom. The SMILES string of the molecule is CC(NC(=O)NC1CCCC1C(=O)O)c1ccc(Cl)s1. The minimum absolute atomic E-state index is 0.155. The van der Waals surface area contributed by atoms with Gasteiger partial charge in [0.15, 0.2) is 0 Å². The van der Waals surface area contributed by atoms with E-state index in [1.54, 1.807) is 6.07 Å². The van der Waals surface area contributed by atoms with Crippen LogP contribution in [0.15, 0.2) is 12.1 Å². The van der Waals surface area contributed by atoms with Crippen molar-refractivity contribution in [2.24, 2.45) is 5.92 Å². The van der Waals surface area contributed by atoms with Crippen molar-refractivity contribution in [3.8, 4) is 0 Å². The monoisotopic (exact) mass is 316 g/mol. The Morgan fingerprint density at radius 3 is 2.80 bits per heavy atom. The molecule has 5 nitrogen and oxygen atoms in total. The van der Waals surface area contributed by atoms with Gasteiger partial charge in [0.05, 0.1) is 16.3 Å². The smallest absolute Gasteiger partial charge is 0.315 e. The lowest BCUT2D eigenvalue weighted by Gasteiger charge is -2.20. The predicted octanol–water partition coefficient (Wildman–Crippen LogP) is 3.02. The summed E-state index contributed by atoms with van der Waals surface area (Å²) in [6.45, 7) is 1.87. The van der Waals surface area contributed by atoms with E-state index in [0.717, 1.165) is 11.3 Å². The highest BCUT2D eigenvalue weighted by Crippen LogP contribution is 2.27. The van der Waals surface area contributed by atoms with Gasteiger partial charge >= 0.3 is 12.0 Å². The molecular formula is C13H17ClN2O3S. The molecule has 1 aliphatic rings. The molecule has 0 aromatic carbocycles. The van der Waals surface area contributed by atoms with E-state index in [4.69, 9.17) is 16.7 Å². The van der Waals surface area contributed by atoms with Crippen LogP contribution in [0.1, 0.15) is 37.1 Å². The number of urea groups is 1. The van der Waals surface area contributed by atoms with Crippen LogP contribution < -0.4 is 10.6 Å². The van der Waals surface area contributed by atoms with Crippen LogP contribution in [0.2, 0.25) is 4.34 Å². The van der Waals surface area contributed by atoms with E-state index in [-0.39, 0.29) is 18.1 Å². The van der Waals surface area contributed by atoms with Gasteiger partial charge in [-0.05, 0) is 31.9 Å². The fourth-order valence-electron chi connectivity index (χ4n) is 2.47. The van der Waals surface area contributed by atoms with Crippen LogP contribution in [0.4, 0.5) is 4.79 Å². The van der Waals surface area contributed by atoms with Crippen LogP contribution in [0.5, 0.6) is 0 Å². The van der Waals surface area contributed by atoms with E-state index in [1.165, 1.54) is 11.3 Å². The van der Waals surface area contributed by atoms with Crippen molar-refractivity contribution in [3.05, 3.63) is 21.3 Å². The molecule has 1 aliphatic carbocycles. The predicted molar refractivity (Wildman–Crippen MR) is 78.2 cm³/mol. The Bertz CT molecular complexity index is 506. The fourth-order valence-corrected chi connectivity index (χ4v) is 3.53. The number of carbonyl (C=O) groups excluding carboxylic acids is 1. The molecule has 1 aromatic rings. The van der Waals surface area contributed by atoms with Crippen LogP contribution in [-0.2, 0) is 4.79 Å². The Labute approximate surface area is 126 Å². The standard InChI is InChI=1S/C13H17ClN2O3S/c1-7(10-5-6-11(14)20-10)15-13(19)16-9-4-2-3-8(9)12(17)18/h5-9H,2-4H2,1H3,(H,17,18)(H2,15,16,19). The minimum Gasteiger partial charge on any atom is -0.481 e. The number of aliphatic carboxylic acids is 1.